The quantitative estimate of drug-likeness (QED) is 0.345. The first-order valence-corrected chi connectivity index (χ1v) is 11.6. The molecule has 1 aliphatic heterocycles. The second-order valence-electron chi connectivity index (χ2n) is 8.05. The standard InChI is InChI=1S/C19H30N7O5P/c1-11(2)26(12(3)4)32(29-7-5-6-20)30-9-14-13(27)8-15(31-14)25-10-22-16-17(25)23-19(21)24-18(16)28/h10-15,27H,5,7-9H2,1-4H3,(H3,21,23,24,28)/t13-,14+,15+,32?/m0/s1. The van der Waals surface area contributed by atoms with Gasteiger partial charge in [-0.1, -0.05) is 0 Å². The Bertz CT molecular complexity index is 996. The van der Waals surface area contributed by atoms with Gasteiger partial charge in [0.15, 0.2) is 11.2 Å². The Morgan fingerprint density at radius 1 is 1.44 bits per heavy atom. The van der Waals surface area contributed by atoms with Gasteiger partial charge in [0.25, 0.3) is 14.1 Å². The summed E-state index contributed by atoms with van der Waals surface area (Å²) in [5, 5.41) is 19.4. The zero-order valence-electron chi connectivity index (χ0n) is 18.6. The zero-order chi connectivity index (χ0) is 23.4. The molecule has 13 heteroatoms. The third-order valence-corrected chi connectivity index (χ3v) is 7.05. The average Bonchev–Trinajstić information content (AvgIpc) is 3.28. The summed E-state index contributed by atoms with van der Waals surface area (Å²) in [6, 6.07) is 2.40. The predicted molar refractivity (Wildman–Crippen MR) is 118 cm³/mol. The van der Waals surface area contributed by atoms with Crippen molar-refractivity contribution < 1.29 is 18.9 Å². The number of nitrogen functional groups attached to an aromatic ring is 1. The number of aliphatic hydroxyl groups is 1. The lowest BCUT2D eigenvalue weighted by molar-refractivity contribution is -0.0406. The van der Waals surface area contributed by atoms with Crippen molar-refractivity contribution in [2.24, 2.45) is 0 Å². The minimum Gasteiger partial charge on any atom is -0.390 e. The normalized spacial score (nSPS) is 22.3. The maximum atomic E-state index is 12.0. The van der Waals surface area contributed by atoms with E-state index in [1.165, 1.54) is 6.33 Å². The number of nitrogens with one attached hydrogen (secondary N) is 1. The van der Waals surface area contributed by atoms with Crippen molar-refractivity contribution in [1.29, 1.82) is 5.26 Å². The number of hydrogen-bond donors (Lipinski definition) is 3. The Hall–Kier alpha value is -2.13. The number of anilines is 1. The number of aliphatic hydroxyl groups excluding tert-OH is 1. The molecule has 3 rings (SSSR count). The van der Waals surface area contributed by atoms with Crippen molar-refractivity contribution in [3.63, 3.8) is 0 Å². The summed E-state index contributed by atoms with van der Waals surface area (Å²) < 4.78 is 21.7. The molecule has 1 unspecified atom stereocenters. The number of aromatic amines is 1. The summed E-state index contributed by atoms with van der Waals surface area (Å²) in [6.07, 6.45) is 0.0134. The van der Waals surface area contributed by atoms with Gasteiger partial charge in [-0.3, -0.25) is 14.3 Å². The highest BCUT2D eigenvalue weighted by Crippen LogP contribution is 2.46. The van der Waals surface area contributed by atoms with E-state index in [2.05, 4.69) is 25.7 Å². The highest BCUT2D eigenvalue weighted by molar-refractivity contribution is 7.44. The van der Waals surface area contributed by atoms with Crippen LogP contribution in [-0.4, -0.2) is 66.8 Å². The number of nitrogens with two attached hydrogens (primary N) is 1. The van der Waals surface area contributed by atoms with Crippen LogP contribution in [0.5, 0.6) is 0 Å². The summed E-state index contributed by atoms with van der Waals surface area (Å²) in [7, 11) is -1.45. The van der Waals surface area contributed by atoms with E-state index in [1.807, 2.05) is 27.7 Å². The molecule has 32 heavy (non-hydrogen) atoms. The summed E-state index contributed by atoms with van der Waals surface area (Å²) in [6.45, 7) is 8.57. The Balaban J connectivity index is 1.71. The van der Waals surface area contributed by atoms with Gasteiger partial charge in [-0.25, -0.2) is 9.65 Å². The molecule has 4 atom stereocenters. The monoisotopic (exact) mass is 467 g/mol. The first-order valence-electron chi connectivity index (χ1n) is 10.5. The number of rotatable bonds is 10. The van der Waals surface area contributed by atoms with Gasteiger partial charge in [-0.05, 0) is 27.7 Å². The molecule has 0 aromatic carbocycles. The molecular formula is C19H30N7O5P. The van der Waals surface area contributed by atoms with Gasteiger partial charge in [0.2, 0.25) is 5.95 Å². The third kappa shape index (κ3) is 5.43. The second-order valence-corrected chi connectivity index (χ2v) is 9.50. The molecule has 4 N–H and O–H groups in total. The van der Waals surface area contributed by atoms with Crippen LogP contribution in [0.15, 0.2) is 11.1 Å². The fourth-order valence-electron chi connectivity index (χ4n) is 3.64. The van der Waals surface area contributed by atoms with Gasteiger partial charge in [-0.2, -0.15) is 10.2 Å². The molecule has 2 aromatic rings. The zero-order valence-corrected chi connectivity index (χ0v) is 19.5. The number of aromatic nitrogens is 4. The fourth-order valence-corrected chi connectivity index (χ4v) is 5.26. The van der Waals surface area contributed by atoms with Crippen molar-refractivity contribution >= 4 is 25.6 Å². The minimum atomic E-state index is -1.45. The molecule has 1 aliphatic rings. The van der Waals surface area contributed by atoms with Crippen LogP contribution in [-0.2, 0) is 13.8 Å². The third-order valence-electron chi connectivity index (χ3n) is 4.98. The first kappa shape index (κ1) is 24.5. The molecule has 2 aromatic heterocycles. The largest absolute Gasteiger partial charge is 0.390 e. The highest BCUT2D eigenvalue weighted by atomic mass is 31.2. The molecule has 0 aliphatic carbocycles. The lowest BCUT2D eigenvalue weighted by Crippen LogP contribution is -2.35. The van der Waals surface area contributed by atoms with Crippen LogP contribution in [0.3, 0.4) is 0 Å². The Labute approximate surface area is 187 Å². The number of hydrogen-bond acceptors (Lipinski definition) is 10. The number of fused-ring (bicyclic) bond motifs is 1. The van der Waals surface area contributed by atoms with Crippen LogP contribution in [0.4, 0.5) is 5.95 Å². The predicted octanol–water partition coefficient (Wildman–Crippen LogP) is 1.64. The number of imidazole rings is 1. The molecule has 1 saturated heterocycles. The first-order chi connectivity index (χ1) is 15.2. The van der Waals surface area contributed by atoms with Gasteiger partial charge in [0.1, 0.15) is 12.3 Å². The van der Waals surface area contributed by atoms with Crippen LogP contribution >= 0.6 is 8.53 Å². The maximum absolute atomic E-state index is 12.0. The van der Waals surface area contributed by atoms with E-state index in [1.54, 1.807) is 4.57 Å². The summed E-state index contributed by atoms with van der Waals surface area (Å²) >= 11 is 0. The molecule has 12 nitrogen and oxygen atoms in total. The molecule has 3 heterocycles. The van der Waals surface area contributed by atoms with Crippen LogP contribution in [0.25, 0.3) is 11.2 Å². The van der Waals surface area contributed by atoms with Gasteiger partial charge >= 0.3 is 0 Å². The van der Waals surface area contributed by atoms with Crippen LogP contribution in [0.2, 0.25) is 0 Å². The maximum Gasteiger partial charge on any atom is 0.280 e. The van der Waals surface area contributed by atoms with Gasteiger partial charge in [0, 0.05) is 18.5 Å². The topological polar surface area (TPSA) is 165 Å². The minimum absolute atomic E-state index is 0.0229. The SMILES string of the molecule is CC(C)N(C(C)C)P(OCCC#N)OC[C@H]1O[C@@H](n2cnc3c(=O)[nH]c(N)nc32)C[C@@H]1O. The second kappa shape index (κ2) is 10.7. The number of H-pyrrole nitrogens is 1. The van der Waals surface area contributed by atoms with E-state index in [4.69, 9.17) is 24.8 Å². The fraction of sp³-hybridized carbons (Fsp3) is 0.684. The molecule has 0 spiro atoms. The lowest BCUT2D eigenvalue weighted by atomic mass is 10.2. The van der Waals surface area contributed by atoms with Crippen LogP contribution < -0.4 is 11.3 Å². The summed E-state index contributed by atoms with van der Waals surface area (Å²) in [5.41, 5.74) is 5.66. The molecule has 1 fully saturated rings. The molecule has 176 valence electrons. The van der Waals surface area contributed by atoms with Crippen LogP contribution in [0, 0.1) is 11.3 Å². The van der Waals surface area contributed by atoms with E-state index in [0.717, 1.165) is 0 Å². The number of ether oxygens (including phenoxy) is 1. The Morgan fingerprint density at radius 3 is 2.81 bits per heavy atom. The molecule has 0 bridgehead atoms. The summed E-state index contributed by atoms with van der Waals surface area (Å²) in [5.74, 6) is -0.0229. The van der Waals surface area contributed by atoms with Crippen molar-refractivity contribution in [3.8, 4) is 6.07 Å². The number of nitrogens with zero attached hydrogens (tertiary/aromatic N) is 5. The van der Waals surface area contributed by atoms with Crippen LogP contribution in [0.1, 0.15) is 46.8 Å². The van der Waals surface area contributed by atoms with E-state index in [0.29, 0.717) is 0 Å². The Morgan fingerprint density at radius 2 is 2.16 bits per heavy atom. The van der Waals surface area contributed by atoms with E-state index in [9.17, 15) is 9.90 Å². The van der Waals surface area contributed by atoms with E-state index >= 15 is 0 Å². The highest BCUT2D eigenvalue weighted by Gasteiger charge is 2.38. The van der Waals surface area contributed by atoms with E-state index < -0.39 is 32.5 Å². The van der Waals surface area contributed by atoms with Crippen molar-refractivity contribution in [3.05, 3.63) is 16.7 Å². The summed E-state index contributed by atoms with van der Waals surface area (Å²) in [4.78, 5) is 22.7. The van der Waals surface area contributed by atoms with Crippen molar-refractivity contribution in [2.75, 3.05) is 18.9 Å². The molecular weight excluding hydrogens is 437 g/mol. The molecule has 0 radical (unpaired) electrons. The van der Waals surface area contributed by atoms with Gasteiger partial charge in [0.05, 0.1) is 38.1 Å². The van der Waals surface area contributed by atoms with Crippen molar-refractivity contribution in [1.82, 2.24) is 24.2 Å². The van der Waals surface area contributed by atoms with Gasteiger partial charge < -0.3 is 24.6 Å². The lowest BCUT2D eigenvalue weighted by Gasteiger charge is -2.36. The van der Waals surface area contributed by atoms with Crippen molar-refractivity contribution in [2.45, 2.75) is 71.1 Å². The smallest absolute Gasteiger partial charge is 0.280 e. The molecule has 0 saturated carbocycles. The molecule has 0 amide bonds. The Kier molecular flexibility index (Phi) is 8.16. The number of nitriles is 1. The average molecular weight is 467 g/mol. The van der Waals surface area contributed by atoms with Gasteiger partial charge in [-0.15, -0.1) is 0 Å². The van der Waals surface area contributed by atoms with E-state index in [-0.39, 0.29) is 55.3 Å².